The molecule has 116 valence electrons. The Labute approximate surface area is 128 Å². The van der Waals surface area contributed by atoms with E-state index in [2.05, 4.69) is 32.8 Å². The van der Waals surface area contributed by atoms with Crippen LogP contribution in [0, 0.1) is 0 Å². The highest BCUT2D eigenvalue weighted by molar-refractivity contribution is 5.56. The quantitative estimate of drug-likeness (QED) is 0.773. The maximum absolute atomic E-state index is 11.5. The SMILES string of the molecule is CC1(C)CCCC(C)(C)N1O[C@H](C=O)Cc1ccccc1. The van der Waals surface area contributed by atoms with Crippen LogP contribution >= 0.6 is 0 Å². The summed E-state index contributed by atoms with van der Waals surface area (Å²) in [6.45, 7) is 8.77. The molecular weight excluding hydrogens is 262 g/mol. The van der Waals surface area contributed by atoms with Gasteiger partial charge >= 0.3 is 0 Å². The van der Waals surface area contributed by atoms with Crippen LogP contribution in [0.1, 0.15) is 52.5 Å². The molecule has 1 aromatic carbocycles. The molecule has 1 aromatic rings. The number of piperidine rings is 1. The van der Waals surface area contributed by atoms with Crippen LogP contribution in [-0.4, -0.2) is 28.5 Å². The van der Waals surface area contributed by atoms with E-state index in [0.717, 1.165) is 24.7 Å². The largest absolute Gasteiger partial charge is 0.300 e. The highest BCUT2D eigenvalue weighted by Gasteiger charge is 2.43. The average molecular weight is 289 g/mol. The topological polar surface area (TPSA) is 29.5 Å². The van der Waals surface area contributed by atoms with E-state index in [1.165, 1.54) is 6.42 Å². The molecule has 0 radical (unpaired) electrons. The normalized spacial score (nSPS) is 22.7. The first kappa shape index (κ1) is 16.2. The lowest BCUT2D eigenvalue weighted by Gasteiger charge is -2.52. The fourth-order valence-corrected chi connectivity index (χ4v) is 3.35. The van der Waals surface area contributed by atoms with E-state index in [4.69, 9.17) is 4.84 Å². The minimum absolute atomic E-state index is 0.0420. The molecule has 1 fully saturated rings. The van der Waals surface area contributed by atoms with Crippen molar-refractivity contribution in [2.45, 2.75) is 70.6 Å². The second kappa shape index (κ2) is 6.29. The molecule has 0 spiro atoms. The van der Waals surface area contributed by atoms with Crippen LogP contribution < -0.4 is 0 Å². The molecule has 0 aromatic heterocycles. The maximum Gasteiger partial charge on any atom is 0.151 e. The van der Waals surface area contributed by atoms with Crippen molar-refractivity contribution >= 4 is 6.29 Å². The lowest BCUT2D eigenvalue weighted by Crippen LogP contribution is -2.59. The van der Waals surface area contributed by atoms with Gasteiger partial charge in [0.05, 0.1) is 0 Å². The summed E-state index contributed by atoms with van der Waals surface area (Å²) in [4.78, 5) is 17.6. The van der Waals surface area contributed by atoms with Crippen molar-refractivity contribution in [1.82, 2.24) is 5.06 Å². The molecule has 1 aliphatic rings. The van der Waals surface area contributed by atoms with Crippen molar-refractivity contribution in [3.63, 3.8) is 0 Å². The number of aldehydes is 1. The van der Waals surface area contributed by atoms with Gasteiger partial charge in [0.2, 0.25) is 0 Å². The fourth-order valence-electron chi connectivity index (χ4n) is 3.35. The van der Waals surface area contributed by atoms with E-state index in [9.17, 15) is 4.79 Å². The standard InChI is InChI=1S/C18H27NO2/c1-17(2)11-8-12-18(3,4)19(17)21-16(14-20)13-15-9-6-5-7-10-15/h5-7,9-10,14,16H,8,11-13H2,1-4H3/t16-/m0/s1. The zero-order valence-corrected chi connectivity index (χ0v) is 13.6. The second-order valence-corrected chi connectivity index (χ2v) is 7.24. The van der Waals surface area contributed by atoms with Gasteiger partial charge < -0.3 is 4.79 Å². The predicted octanol–water partition coefficient (Wildman–Crippen LogP) is 3.77. The summed E-state index contributed by atoms with van der Waals surface area (Å²) in [7, 11) is 0. The molecule has 0 saturated carbocycles. The van der Waals surface area contributed by atoms with Gasteiger partial charge in [-0.05, 0) is 52.5 Å². The third-order valence-electron chi connectivity index (χ3n) is 4.35. The third-order valence-corrected chi connectivity index (χ3v) is 4.35. The summed E-state index contributed by atoms with van der Waals surface area (Å²) in [5.74, 6) is 0. The Balaban J connectivity index is 2.10. The highest BCUT2D eigenvalue weighted by Crippen LogP contribution is 2.38. The Morgan fingerprint density at radius 1 is 1.14 bits per heavy atom. The molecule has 0 aliphatic carbocycles. The first-order valence-electron chi connectivity index (χ1n) is 7.81. The second-order valence-electron chi connectivity index (χ2n) is 7.24. The van der Waals surface area contributed by atoms with Crippen LogP contribution in [-0.2, 0) is 16.1 Å². The maximum atomic E-state index is 11.5. The third kappa shape index (κ3) is 3.92. The molecule has 0 bridgehead atoms. The molecule has 0 N–H and O–H groups in total. The van der Waals surface area contributed by atoms with Crippen LogP contribution in [0.3, 0.4) is 0 Å². The number of rotatable bonds is 5. The predicted molar refractivity (Wildman–Crippen MR) is 84.9 cm³/mol. The fraction of sp³-hybridized carbons (Fsp3) is 0.611. The molecule has 0 unspecified atom stereocenters. The van der Waals surface area contributed by atoms with Crippen molar-refractivity contribution < 1.29 is 9.63 Å². The lowest BCUT2D eigenvalue weighted by molar-refractivity contribution is -0.296. The van der Waals surface area contributed by atoms with Crippen LogP contribution in [0.5, 0.6) is 0 Å². The van der Waals surface area contributed by atoms with Crippen molar-refractivity contribution in [3.05, 3.63) is 35.9 Å². The van der Waals surface area contributed by atoms with Gasteiger partial charge in [-0.25, -0.2) is 0 Å². The van der Waals surface area contributed by atoms with Crippen molar-refractivity contribution in [2.24, 2.45) is 0 Å². The van der Waals surface area contributed by atoms with E-state index in [0.29, 0.717) is 6.42 Å². The molecule has 0 amide bonds. The van der Waals surface area contributed by atoms with Crippen LogP contribution in [0.15, 0.2) is 30.3 Å². The number of nitrogens with zero attached hydrogens (tertiary/aromatic N) is 1. The van der Waals surface area contributed by atoms with E-state index in [1.54, 1.807) is 0 Å². The Hall–Kier alpha value is -1.19. The molecule has 21 heavy (non-hydrogen) atoms. The summed E-state index contributed by atoms with van der Waals surface area (Å²) in [5.41, 5.74) is 1.04. The van der Waals surface area contributed by atoms with Gasteiger partial charge in [-0.15, -0.1) is 0 Å². The summed E-state index contributed by atoms with van der Waals surface area (Å²) in [6.07, 6.45) is 4.50. The van der Waals surface area contributed by atoms with Gasteiger partial charge in [0.25, 0.3) is 0 Å². The van der Waals surface area contributed by atoms with E-state index in [1.807, 2.05) is 30.3 Å². The lowest BCUT2D eigenvalue weighted by atomic mass is 9.82. The number of carbonyl (C=O) groups is 1. The van der Waals surface area contributed by atoms with Gasteiger partial charge in [0.15, 0.2) is 6.29 Å². The number of hydroxylamine groups is 2. The number of benzene rings is 1. The van der Waals surface area contributed by atoms with Crippen LogP contribution in [0.4, 0.5) is 0 Å². The van der Waals surface area contributed by atoms with Crippen LogP contribution in [0.2, 0.25) is 0 Å². The minimum atomic E-state index is -0.427. The van der Waals surface area contributed by atoms with Gasteiger partial charge in [0.1, 0.15) is 6.10 Å². The first-order valence-corrected chi connectivity index (χ1v) is 7.81. The molecule has 3 nitrogen and oxygen atoms in total. The van der Waals surface area contributed by atoms with E-state index < -0.39 is 6.10 Å². The van der Waals surface area contributed by atoms with Crippen molar-refractivity contribution in [3.8, 4) is 0 Å². The number of carbonyl (C=O) groups excluding carboxylic acids is 1. The zero-order chi connectivity index (χ0) is 15.5. The van der Waals surface area contributed by atoms with E-state index in [-0.39, 0.29) is 11.1 Å². The Kier molecular flexibility index (Phi) is 4.84. The Morgan fingerprint density at radius 3 is 2.24 bits per heavy atom. The number of hydrogen-bond donors (Lipinski definition) is 0. The van der Waals surface area contributed by atoms with Gasteiger partial charge in [0, 0.05) is 17.5 Å². The van der Waals surface area contributed by atoms with Gasteiger partial charge in [-0.2, -0.15) is 5.06 Å². The molecule has 1 heterocycles. The summed E-state index contributed by atoms with van der Waals surface area (Å²) < 4.78 is 0. The highest BCUT2D eigenvalue weighted by atomic mass is 16.7. The van der Waals surface area contributed by atoms with Gasteiger partial charge in [-0.1, -0.05) is 30.3 Å². The minimum Gasteiger partial charge on any atom is -0.300 e. The smallest absolute Gasteiger partial charge is 0.151 e. The van der Waals surface area contributed by atoms with Crippen LogP contribution in [0.25, 0.3) is 0 Å². The molecule has 1 saturated heterocycles. The molecule has 3 heteroatoms. The Bertz CT molecular complexity index is 451. The van der Waals surface area contributed by atoms with Gasteiger partial charge in [-0.3, -0.25) is 4.84 Å². The Morgan fingerprint density at radius 2 is 1.71 bits per heavy atom. The monoisotopic (exact) mass is 289 g/mol. The molecular formula is C18H27NO2. The summed E-state index contributed by atoms with van der Waals surface area (Å²) >= 11 is 0. The molecule has 1 aliphatic heterocycles. The first-order chi connectivity index (χ1) is 9.85. The summed E-state index contributed by atoms with van der Waals surface area (Å²) in [6, 6.07) is 10.0. The average Bonchev–Trinajstić information content (AvgIpc) is 2.42. The summed E-state index contributed by atoms with van der Waals surface area (Å²) in [5, 5.41) is 2.06. The van der Waals surface area contributed by atoms with Crippen molar-refractivity contribution in [1.29, 1.82) is 0 Å². The van der Waals surface area contributed by atoms with Crippen molar-refractivity contribution in [2.75, 3.05) is 0 Å². The van der Waals surface area contributed by atoms with E-state index >= 15 is 0 Å². The molecule has 2 rings (SSSR count). The zero-order valence-electron chi connectivity index (χ0n) is 13.6. The number of hydrogen-bond acceptors (Lipinski definition) is 3. The molecule has 1 atom stereocenters.